The number of hydrogen-bond donors (Lipinski definition) is 0. The maximum atomic E-state index is 10.0. The molecule has 0 bridgehead atoms. The van der Waals surface area contributed by atoms with Crippen molar-refractivity contribution in [1.82, 2.24) is 0 Å². The van der Waals surface area contributed by atoms with Crippen molar-refractivity contribution >= 4 is 11.5 Å². The third-order valence-corrected chi connectivity index (χ3v) is 1.06. The first-order valence-electron chi connectivity index (χ1n) is 1.53. The molecule has 1 aromatic rings. The van der Waals surface area contributed by atoms with Crippen molar-refractivity contribution in [2.75, 3.05) is 0 Å². The molecular formula is C3H3NOS. The van der Waals surface area contributed by atoms with Crippen LogP contribution in [0.3, 0.4) is 0 Å². The van der Waals surface area contributed by atoms with E-state index in [2.05, 4.69) is 0 Å². The molecule has 0 aromatic carbocycles. The van der Waals surface area contributed by atoms with Gasteiger partial charge in [-0.15, -0.1) is 4.12 Å². The number of rotatable bonds is 0. The molecule has 0 aliphatic heterocycles. The molecule has 6 heavy (non-hydrogen) atoms. The van der Waals surface area contributed by atoms with Crippen LogP contribution in [0.1, 0.15) is 0 Å². The first kappa shape index (κ1) is 3.61. The second kappa shape index (κ2) is 1.26. The Morgan fingerprint density at radius 3 is 2.67 bits per heavy atom. The van der Waals surface area contributed by atoms with Crippen molar-refractivity contribution in [3.8, 4) is 0 Å². The normalized spacial score (nSPS) is 8.67. The highest BCUT2D eigenvalue weighted by Gasteiger charge is 1.79. The molecule has 3 heteroatoms. The van der Waals surface area contributed by atoms with Gasteiger partial charge >= 0.3 is 0 Å². The van der Waals surface area contributed by atoms with E-state index < -0.39 is 0 Å². The zero-order valence-corrected chi connectivity index (χ0v) is 3.81. The molecule has 0 atom stereocenters. The summed E-state index contributed by atoms with van der Waals surface area (Å²) in [6, 6.07) is 1.71. The third-order valence-electron chi connectivity index (χ3n) is 0.451. The maximum Gasteiger partial charge on any atom is 0.196 e. The molecule has 0 radical (unpaired) electrons. The maximum absolute atomic E-state index is 10.0. The van der Waals surface area contributed by atoms with E-state index in [1.807, 2.05) is 0 Å². The lowest BCUT2D eigenvalue weighted by Gasteiger charge is -1.76. The second-order valence-electron chi connectivity index (χ2n) is 0.868. The average molecular weight is 101 g/mol. The van der Waals surface area contributed by atoms with Crippen LogP contribution in [0.2, 0.25) is 0 Å². The van der Waals surface area contributed by atoms with Gasteiger partial charge in [-0.05, 0) is 0 Å². The van der Waals surface area contributed by atoms with E-state index in [9.17, 15) is 5.21 Å². The van der Waals surface area contributed by atoms with Gasteiger partial charge in [0.15, 0.2) is 6.20 Å². The Labute approximate surface area is 39.4 Å². The van der Waals surface area contributed by atoms with E-state index in [0.717, 1.165) is 15.7 Å². The van der Waals surface area contributed by atoms with Crippen molar-refractivity contribution in [3.05, 3.63) is 22.9 Å². The predicted molar refractivity (Wildman–Crippen MR) is 23.3 cm³/mol. The fraction of sp³-hybridized carbons (Fsp3) is 0. The molecule has 1 heterocycles. The Bertz CT molecular complexity index is 114. The predicted octanol–water partition coefficient (Wildman–Crippen LogP) is 0.382. The molecular weight excluding hydrogens is 98.1 g/mol. The van der Waals surface area contributed by atoms with Crippen LogP contribution < -0.4 is 4.12 Å². The zero-order valence-electron chi connectivity index (χ0n) is 3.00. The quantitative estimate of drug-likeness (QED) is 0.343. The second-order valence-corrected chi connectivity index (χ2v) is 1.71. The van der Waals surface area contributed by atoms with Crippen LogP contribution in [0.15, 0.2) is 17.6 Å². The molecule has 0 N–H and O–H groups in total. The molecule has 0 saturated carbocycles. The summed E-state index contributed by atoms with van der Waals surface area (Å²) in [5.41, 5.74) is 0. The first-order chi connectivity index (χ1) is 2.89. The van der Waals surface area contributed by atoms with Crippen molar-refractivity contribution in [2.24, 2.45) is 0 Å². The highest BCUT2D eigenvalue weighted by molar-refractivity contribution is 6.99. The molecule has 32 valence electrons. The van der Waals surface area contributed by atoms with Crippen LogP contribution in [-0.2, 0) is 0 Å². The van der Waals surface area contributed by atoms with E-state index in [-0.39, 0.29) is 0 Å². The van der Waals surface area contributed by atoms with Gasteiger partial charge in [0.25, 0.3) is 0 Å². The lowest BCUT2D eigenvalue weighted by atomic mass is 10.8. The van der Waals surface area contributed by atoms with Crippen molar-refractivity contribution in [3.63, 3.8) is 0 Å². The Balaban J connectivity index is 3.05. The van der Waals surface area contributed by atoms with Gasteiger partial charge in [-0.2, -0.15) is 0 Å². The van der Waals surface area contributed by atoms with E-state index in [1.165, 1.54) is 6.20 Å². The SMILES string of the molecule is [O-][n+]1cccs1. The van der Waals surface area contributed by atoms with E-state index >= 15 is 0 Å². The Hall–Kier alpha value is -0.570. The zero-order chi connectivity index (χ0) is 4.41. The summed E-state index contributed by atoms with van der Waals surface area (Å²) >= 11 is 1.14. The highest BCUT2D eigenvalue weighted by atomic mass is 32.1. The smallest absolute Gasteiger partial charge is 0.196 e. The molecule has 0 amide bonds. The summed E-state index contributed by atoms with van der Waals surface area (Å²) in [6.07, 6.45) is 1.46. The molecule has 0 aliphatic carbocycles. The van der Waals surface area contributed by atoms with Gasteiger partial charge in [0.2, 0.25) is 0 Å². The molecule has 1 aromatic heterocycles. The minimum absolute atomic E-state index is 0.792. The van der Waals surface area contributed by atoms with Crippen LogP contribution in [0.5, 0.6) is 0 Å². The Morgan fingerprint density at radius 2 is 2.50 bits per heavy atom. The molecule has 0 saturated heterocycles. The number of aromatic nitrogens is 1. The van der Waals surface area contributed by atoms with Gasteiger partial charge in [0.05, 0.1) is 5.38 Å². The van der Waals surface area contributed by atoms with Crippen LogP contribution in [0.4, 0.5) is 0 Å². The summed E-state index contributed by atoms with van der Waals surface area (Å²) in [6.45, 7) is 0. The standard InChI is InChI=1S/C3H3NOS/c5-4-2-1-3-6-4/h1-3H. The Kier molecular flexibility index (Phi) is 0.759. The lowest BCUT2D eigenvalue weighted by molar-refractivity contribution is -0.529. The molecule has 0 aliphatic rings. The largest absolute Gasteiger partial charge is 0.606 e. The van der Waals surface area contributed by atoms with Crippen molar-refractivity contribution in [1.29, 1.82) is 0 Å². The fourth-order valence-electron chi connectivity index (χ4n) is 0.236. The number of hydrogen-bond acceptors (Lipinski definition) is 2. The number of nitrogens with zero attached hydrogens (tertiary/aromatic N) is 1. The Morgan fingerprint density at radius 1 is 1.67 bits per heavy atom. The minimum Gasteiger partial charge on any atom is -0.606 e. The summed E-state index contributed by atoms with van der Waals surface area (Å²) in [4.78, 5) is 0. The topological polar surface area (TPSA) is 26.9 Å². The van der Waals surface area contributed by atoms with Gasteiger partial charge in [-0.1, -0.05) is 0 Å². The van der Waals surface area contributed by atoms with Gasteiger partial charge < -0.3 is 5.21 Å². The average Bonchev–Trinajstić information content (AvgIpc) is 1.86. The van der Waals surface area contributed by atoms with Crippen LogP contribution in [0.25, 0.3) is 0 Å². The first-order valence-corrected chi connectivity index (χ1v) is 2.36. The van der Waals surface area contributed by atoms with E-state index in [0.29, 0.717) is 0 Å². The van der Waals surface area contributed by atoms with E-state index in [1.54, 1.807) is 11.4 Å². The van der Waals surface area contributed by atoms with Crippen molar-refractivity contribution < 1.29 is 4.12 Å². The van der Waals surface area contributed by atoms with Crippen LogP contribution in [-0.4, -0.2) is 0 Å². The minimum atomic E-state index is 0.792. The molecule has 0 spiro atoms. The summed E-state index contributed by atoms with van der Waals surface area (Å²) < 4.78 is 0.792. The fourth-order valence-corrected chi connectivity index (χ4v) is 0.637. The van der Waals surface area contributed by atoms with Gasteiger partial charge in [0.1, 0.15) is 11.5 Å². The van der Waals surface area contributed by atoms with Gasteiger partial charge in [-0.25, -0.2) is 0 Å². The summed E-state index contributed by atoms with van der Waals surface area (Å²) in [5.74, 6) is 0. The van der Waals surface area contributed by atoms with Crippen LogP contribution >= 0.6 is 11.5 Å². The molecule has 2 nitrogen and oxygen atoms in total. The van der Waals surface area contributed by atoms with Crippen molar-refractivity contribution in [2.45, 2.75) is 0 Å². The molecule has 1 rings (SSSR count). The monoisotopic (exact) mass is 101 g/mol. The third kappa shape index (κ3) is 0.490. The highest BCUT2D eigenvalue weighted by Crippen LogP contribution is 1.81. The van der Waals surface area contributed by atoms with Gasteiger partial charge in [0, 0.05) is 6.07 Å². The van der Waals surface area contributed by atoms with Gasteiger partial charge in [-0.3, -0.25) is 0 Å². The van der Waals surface area contributed by atoms with Crippen LogP contribution in [0, 0.1) is 5.21 Å². The van der Waals surface area contributed by atoms with E-state index in [4.69, 9.17) is 0 Å². The summed E-state index contributed by atoms with van der Waals surface area (Å²) in [7, 11) is 0. The molecule has 0 fully saturated rings. The molecule has 0 unspecified atom stereocenters. The summed E-state index contributed by atoms with van der Waals surface area (Å²) in [5, 5.41) is 11.7. The lowest BCUT2D eigenvalue weighted by Crippen LogP contribution is -2.15.